The molecule has 1 aliphatic carbocycles. The van der Waals surface area contributed by atoms with Crippen molar-refractivity contribution in [2.75, 3.05) is 7.11 Å². The summed E-state index contributed by atoms with van der Waals surface area (Å²) < 4.78 is 5.26. The molecule has 1 saturated carbocycles. The highest BCUT2D eigenvalue weighted by Crippen LogP contribution is 2.33. The first-order valence-electron chi connectivity index (χ1n) is 4.06. The second-order valence-electron chi connectivity index (χ2n) is 3.08. The van der Waals surface area contributed by atoms with Crippen molar-refractivity contribution in [1.82, 2.24) is 0 Å². The molecule has 0 amide bonds. The summed E-state index contributed by atoms with van der Waals surface area (Å²) >= 11 is 0. The van der Waals surface area contributed by atoms with Gasteiger partial charge in [-0.1, -0.05) is 12.8 Å². The van der Waals surface area contributed by atoms with Crippen molar-refractivity contribution in [1.29, 1.82) is 0 Å². The van der Waals surface area contributed by atoms with E-state index in [4.69, 9.17) is 4.74 Å². The van der Waals surface area contributed by atoms with Gasteiger partial charge in [0.25, 0.3) is 0 Å². The lowest BCUT2D eigenvalue weighted by atomic mass is 10.0. The molecule has 1 aliphatic rings. The zero-order valence-electron chi connectivity index (χ0n) is 7.16. The van der Waals surface area contributed by atoms with Crippen LogP contribution in [0, 0.1) is 10.1 Å². The fraction of sp³-hybridized carbons (Fsp3) is 0.750. The van der Waals surface area contributed by atoms with Crippen LogP contribution in [0.5, 0.6) is 0 Å². The molecule has 0 aromatic rings. The van der Waals surface area contributed by atoms with Crippen molar-refractivity contribution in [3.8, 4) is 0 Å². The summed E-state index contributed by atoms with van der Waals surface area (Å²) in [6, 6.07) is 0. The zero-order chi connectivity index (χ0) is 9.03. The molecule has 0 aliphatic heterocycles. The Bertz CT molecular complexity index is 194. The molecule has 12 heavy (non-hydrogen) atoms. The molecule has 0 spiro atoms. The highest BCUT2D eigenvalue weighted by Gasteiger charge is 2.31. The van der Waals surface area contributed by atoms with Gasteiger partial charge in [-0.25, -0.2) is 0 Å². The van der Waals surface area contributed by atoms with Gasteiger partial charge in [0.2, 0.25) is 6.20 Å². The molecule has 4 heteroatoms. The molecule has 0 unspecified atom stereocenters. The smallest absolute Gasteiger partial charge is 0.233 e. The zero-order valence-corrected chi connectivity index (χ0v) is 7.16. The third kappa shape index (κ3) is 2.04. The summed E-state index contributed by atoms with van der Waals surface area (Å²) in [5, 5.41) is 10.1. The number of hydrogen-bond acceptors (Lipinski definition) is 3. The molecular weight excluding hydrogens is 158 g/mol. The summed E-state index contributed by atoms with van der Waals surface area (Å²) in [6.07, 6.45) is 6.53. The SMILES string of the molecule is COC1(/C=C/[N+](=O)[O-])CCCC1. The topological polar surface area (TPSA) is 52.4 Å². The predicted molar refractivity (Wildman–Crippen MR) is 44.3 cm³/mol. The summed E-state index contributed by atoms with van der Waals surface area (Å²) in [4.78, 5) is 9.63. The predicted octanol–water partition coefficient (Wildman–Crippen LogP) is 1.74. The third-order valence-electron chi connectivity index (χ3n) is 2.36. The fourth-order valence-electron chi connectivity index (χ4n) is 1.61. The molecule has 0 aromatic carbocycles. The van der Waals surface area contributed by atoms with Crippen LogP contribution in [-0.4, -0.2) is 17.6 Å². The van der Waals surface area contributed by atoms with Crippen LogP contribution in [0.3, 0.4) is 0 Å². The van der Waals surface area contributed by atoms with Crippen molar-refractivity contribution in [3.05, 3.63) is 22.4 Å². The van der Waals surface area contributed by atoms with Gasteiger partial charge >= 0.3 is 0 Å². The Morgan fingerprint density at radius 1 is 1.50 bits per heavy atom. The summed E-state index contributed by atoms with van der Waals surface area (Å²) in [5.41, 5.74) is -0.354. The monoisotopic (exact) mass is 171 g/mol. The number of ether oxygens (including phenoxy) is 1. The first-order chi connectivity index (χ1) is 5.68. The molecule has 68 valence electrons. The van der Waals surface area contributed by atoms with Crippen LogP contribution in [0.25, 0.3) is 0 Å². The quantitative estimate of drug-likeness (QED) is 0.480. The average Bonchev–Trinajstić information content (AvgIpc) is 2.50. The first-order valence-corrected chi connectivity index (χ1v) is 4.06. The maximum Gasteiger partial charge on any atom is 0.233 e. The second-order valence-corrected chi connectivity index (χ2v) is 3.08. The van der Waals surface area contributed by atoms with Crippen molar-refractivity contribution >= 4 is 0 Å². The normalized spacial score (nSPS) is 21.8. The average molecular weight is 171 g/mol. The number of rotatable bonds is 3. The van der Waals surface area contributed by atoms with Gasteiger partial charge in [0.1, 0.15) is 0 Å². The van der Waals surface area contributed by atoms with E-state index in [1.165, 1.54) is 0 Å². The van der Waals surface area contributed by atoms with Gasteiger partial charge in [-0.15, -0.1) is 0 Å². The number of methoxy groups -OCH3 is 1. The molecular formula is C8H13NO3. The van der Waals surface area contributed by atoms with Crippen molar-refractivity contribution in [3.63, 3.8) is 0 Å². The maximum atomic E-state index is 10.1. The van der Waals surface area contributed by atoms with Gasteiger partial charge in [-0.3, -0.25) is 10.1 Å². The van der Waals surface area contributed by atoms with Crippen LogP contribution in [0.1, 0.15) is 25.7 Å². The minimum Gasteiger partial charge on any atom is -0.374 e. The van der Waals surface area contributed by atoms with Crippen LogP contribution < -0.4 is 0 Å². The molecule has 0 heterocycles. The fourth-order valence-corrected chi connectivity index (χ4v) is 1.61. The number of nitro groups is 1. The summed E-state index contributed by atoms with van der Waals surface area (Å²) in [5.74, 6) is 0. The van der Waals surface area contributed by atoms with Crippen LogP contribution in [-0.2, 0) is 4.74 Å². The van der Waals surface area contributed by atoms with Gasteiger partial charge in [0, 0.05) is 13.2 Å². The Morgan fingerprint density at radius 2 is 2.08 bits per heavy atom. The van der Waals surface area contributed by atoms with E-state index < -0.39 is 4.92 Å². The summed E-state index contributed by atoms with van der Waals surface area (Å²) in [7, 11) is 1.61. The maximum absolute atomic E-state index is 10.1. The molecule has 1 rings (SSSR count). The lowest BCUT2D eigenvalue weighted by Crippen LogP contribution is -2.24. The second kappa shape index (κ2) is 3.67. The van der Waals surface area contributed by atoms with E-state index in [1.54, 1.807) is 13.2 Å². The van der Waals surface area contributed by atoms with Crippen molar-refractivity contribution in [2.24, 2.45) is 0 Å². The largest absolute Gasteiger partial charge is 0.374 e. The van der Waals surface area contributed by atoms with E-state index in [9.17, 15) is 10.1 Å². The Balaban J connectivity index is 2.61. The lowest BCUT2D eigenvalue weighted by molar-refractivity contribution is -0.403. The van der Waals surface area contributed by atoms with Gasteiger partial charge in [0.05, 0.1) is 10.5 Å². The van der Waals surface area contributed by atoms with Crippen LogP contribution in [0.15, 0.2) is 12.3 Å². The van der Waals surface area contributed by atoms with Crippen LogP contribution >= 0.6 is 0 Å². The third-order valence-corrected chi connectivity index (χ3v) is 2.36. The first kappa shape index (κ1) is 9.19. The van der Waals surface area contributed by atoms with Gasteiger partial charge in [-0.2, -0.15) is 0 Å². The van der Waals surface area contributed by atoms with E-state index in [0.29, 0.717) is 0 Å². The van der Waals surface area contributed by atoms with E-state index in [-0.39, 0.29) is 5.60 Å². The van der Waals surface area contributed by atoms with Crippen LogP contribution in [0.4, 0.5) is 0 Å². The minimum absolute atomic E-state index is 0.354. The molecule has 0 bridgehead atoms. The standard InChI is InChI=1S/C8H13NO3/c1-12-8(4-2-3-5-8)6-7-9(10)11/h6-7H,2-5H2,1H3/b7-6+. The molecule has 4 nitrogen and oxygen atoms in total. The molecule has 0 saturated heterocycles. The van der Waals surface area contributed by atoms with Gasteiger partial charge in [0.15, 0.2) is 0 Å². The highest BCUT2D eigenvalue weighted by molar-refractivity contribution is 5.02. The Hall–Kier alpha value is -0.900. The summed E-state index contributed by atoms with van der Waals surface area (Å²) in [6.45, 7) is 0. The molecule has 1 fully saturated rings. The van der Waals surface area contributed by atoms with Crippen molar-refractivity contribution in [2.45, 2.75) is 31.3 Å². The van der Waals surface area contributed by atoms with Gasteiger partial charge < -0.3 is 4.74 Å². The van der Waals surface area contributed by atoms with E-state index in [0.717, 1.165) is 31.9 Å². The Morgan fingerprint density at radius 3 is 2.50 bits per heavy atom. The Labute approximate surface area is 71.4 Å². The van der Waals surface area contributed by atoms with E-state index in [2.05, 4.69) is 0 Å². The molecule has 0 N–H and O–H groups in total. The highest BCUT2D eigenvalue weighted by atomic mass is 16.6. The molecule has 0 aromatic heterocycles. The number of hydrogen-bond donors (Lipinski definition) is 0. The molecule has 0 radical (unpaired) electrons. The van der Waals surface area contributed by atoms with Crippen LogP contribution in [0.2, 0.25) is 0 Å². The van der Waals surface area contributed by atoms with Crippen molar-refractivity contribution < 1.29 is 9.66 Å². The lowest BCUT2D eigenvalue weighted by Gasteiger charge is -2.21. The van der Waals surface area contributed by atoms with Gasteiger partial charge in [-0.05, 0) is 12.8 Å². The Kier molecular flexibility index (Phi) is 2.81. The van der Waals surface area contributed by atoms with E-state index >= 15 is 0 Å². The minimum atomic E-state index is -0.445. The molecule has 0 atom stereocenters. The number of nitrogens with zero attached hydrogens (tertiary/aromatic N) is 1. The van der Waals surface area contributed by atoms with E-state index in [1.807, 2.05) is 0 Å².